The van der Waals surface area contributed by atoms with Crippen molar-refractivity contribution >= 4 is 0 Å². The third-order valence-electron chi connectivity index (χ3n) is 10.4. The molecule has 1 aliphatic heterocycles. The number of fused-ring (bicyclic) bond motifs is 9. The Balaban J connectivity index is 1.11. The lowest BCUT2D eigenvalue weighted by Gasteiger charge is -2.39. The van der Waals surface area contributed by atoms with Crippen LogP contribution in [0.4, 0.5) is 0 Å². The topological polar surface area (TPSA) is 58.8 Å². The largest absolute Gasteiger partial charge is 0.457 e. The van der Waals surface area contributed by atoms with E-state index < -0.39 is 5.41 Å². The lowest BCUT2D eigenvalue weighted by molar-refractivity contribution is 0.436. The summed E-state index contributed by atoms with van der Waals surface area (Å²) in [7, 11) is 0. The molecule has 4 heteroatoms. The Hall–Kier alpha value is -7.09. The maximum absolute atomic E-state index is 9.97. The first-order valence-corrected chi connectivity index (χ1v) is 17.4. The van der Waals surface area contributed by atoms with Gasteiger partial charge in [-0.2, -0.15) is 5.26 Å². The summed E-state index contributed by atoms with van der Waals surface area (Å²) in [6.07, 6.45) is 0. The summed E-state index contributed by atoms with van der Waals surface area (Å²) in [6, 6.07) is 63.0. The van der Waals surface area contributed by atoms with Crippen molar-refractivity contribution in [3.63, 3.8) is 0 Å². The van der Waals surface area contributed by atoms with Crippen LogP contribution in [0.1, 0.15) is 27.8 Å². The van der Waals surface area contributed by atoms with Crippen LogP contribution in [0.5, 0.6) is 11.5 Å². The summed E-state index contributed by atoms with van der Waals surface area (Å²) >= 11 is 0. The van der Waals surface area contributed by atoms with Gasteiger partial charge in [-0.15, -0.1) is 0 Å². The maximum Gasteiger partial charge on any atom is 0.160 e. The van der Waals surface area contributed by atoms with E-state index in [-0.39, 0.29) is 0 Å². The van der Waals surface area contributed by atoms with Gasteiger partial charge in [-0.25, -0.2) is 9.97 Å². The smallest absolute Gasteiger partial charge is 0.160 e. The van der Waals surface area contributed by atoms with Gasteiger partial charge in [-0.1, -0.05) is 140 Å². The first kappa shape index (κ1) is 29.8. The van der Waals surface area contributed by atoms with Crippen molar-refractivity contribution in [1.29, 1.82) is 5.26 Å². The molecule has 10 rings (SSSR count). The number of aromatic nitrogens is 2. The molecule has 1 aromatic heterocycles. The zero-order valence-electron chi connectivity index (χ0n) is 28.0. The maximum atomic E-state index is 9.97. The molecule has 0 N–H and O–H groups in total. The van der Waals surface area contributed by atoms with Crippen LogP contribution in [0.15, 0.2) is 176 Å². The Labute approximate surface area is 301 Å². The molecular weight excluding hydrogens is 635 g/mol. The lowest BCUT2D eigenvalue weighted by atomic mass is 9.66. The van der Waals surface area contributed by atoms with Crippen molar-refractivity contribution in [2.75, 3.05) is 0 Å². The number of para-hydroxylation sites is 2. The van der Waals surface area contributed by atoms with E-state index in [0.29, 0.717) is 11.4 Å². The Bertz CT molecular complexity index is 2610. The van der Waals surface area contributed by atoms with E-state index in [1.807, 2.05) is 84.9 Å². The van der Waals surface area contributed by atoms with Gasteiger partial charge >= 0.3 is 0 Å². The van der Waals surface area contributed by atoms with E-state index in [4.69, 9.17) is 14.7 Å². The predicted molar refractivity (Wildman–Crippen MR) is 206 cm³/mol. The van der Waals surface area contributed by atoms with Crippen LogP contribution in [0, 0.1) is 11.3 Å². The highest BCUT2D eigenvalue weighted by atomic mass is 16.5. The summed E-state index contributed by atoms with van der Waals surface area (Å²) in [5.74, 6) is 2.39. The molecular formula is C48H29N3O. The van der Waals surface area contributed by atoms with Gasteiger partial charge in [0.25, 0.3) is 0 Å². The van der Waals surface area contributed by atoms with Gasteiger partial charge in [-0.05, 0) is 69.8 Å². The number of nitriles is 1. The Kier molecular flexibility index (Phi) is 6.74. The molecule has 2 heterocycles. The molecule has 8 aromatic rings. The Morgan fingerprint density at radius 1 is 0.423 bits per heavy atom. The number of hydrogen-bond acceptors (Lipinski definition) is 4. The molecule has 0 bridgehead atoms. The highest BCUT2D eigenvalue weighted by Crippen LogP contribution is 2.62. The van der Waals surface area contributed by atoms with Gasteiger partial charge in [0.15, 0.2) is 5.82 Å². The summed E-state index contributed by atoms with van der Waals surface area (Å²) in [4.78, 5) is 9.98. The standard InChI is InChI=1S/C48H29N3O/c49-30-31-19-25-39-37(27-31)38-28-36(24-26-40(38)48(39)41-15-7-9-17-45(41)52-46-18-10-8-16-42(46)48)32-20-22-34(23-21-32)44-29-43(33-11-3-1-4-12-33)50-47(51-44)35-13-5-2-6-14-35/h1-29H. The van der Waals surface area contributed by atoms with Gasteiger partial charge in [-0.3, -0.25) is 0 Å². The van der Waals surface area contributed by atoms with E-state index in [9.17, 15) is 5.26 Å². The van der Waals surface area contributed by atoms with Crippen LogP contribution in [-0.4, -0.2) is 9.97 Å². The molecule has 1 aliphatic carbocycles. The quantitative estimate of drug-likeness (QED) is 0.188. The molecule has 0 fully saturated rings. The van der Waals surface area contributed by atoms with Crippen molar-refractivity contribution < 1.29 is 4.74 Å². The molecule has 0 unspecified atom stereocenters. The third kappa shape index (κ3) is 4.54. The second kappa shape index (κ2) is 11.8. The van der Waals surface area contributed by atoms with Crippen LogP contribution in [-0.2, 0) is 5.41 Å². The SMILES string of the molecule is N#Cc1ccc2c(c1)-c1cc(-c3ccc(-c4cc(-c5ccccc5)nc(-c5ccccc5)n4)cc3)ccc1C21c2ccccc2Oc2ccccc21. The molecule has 52 heavy (non-hydrogen) atoms. The van der Waals surface area contributed by atoms with E-state index in [1.54, 1.807) is 0 Å². The third-order valence-corrected chi connectivity index (χ3v) is 10.4. The van der Waals surface area contributed by atoms with Crippen molar-refractivity contribution in [2.24, 2.45) is 0 Å². The molecule has 1 spiro atoms. The lowest BCUT2D eigenvalue weighted by Crippen LogP contribution is -2.32. The second-order valence-corrected chi connectivity index (χ2v) is 13.2. The van der Waals surface area contributed by atoms with Crippen molar-refractivity contribution in [3.05, 3.63) is 204 Å². The fraction of sp³-hybridized carbons (Fsp3) is 0.0208. The molecule has 2 aliphatic rings. The molecule has 4 nitrogen and oxygen atoms in total. The minimum absolute atomic E-state index is 0.577. The molecule has 0 atom stereocenters. The summed E-state index contributed by atoms with van der Waals surface area (Å²) in [5.41, 5.74) is 13.8. The van der Waals surface area contributed by atoms with Gasteiger partial charge in [0.1, 0.15) is 11.5 Å². The van der Waals surface area contributed by atoms with Crippen molar-refractivity contribution in [3.8, 4) is 73.7 Å². The highest BCUT2D eigenvalue weighted by molar-refractivity contribution is 5.91. The van der Waals surface area contributed by atoms with Crippen molar-refractivity contribution in [2.45, 2.75) is 5.41 Å². The summed E-state index contributed by atoms with van der Waals surface area (Å²) in [6.45, 7) is 0. The van der Waals surface area contributed by atoms with Gasteiger partial charge < -0.3 is 4.74 Å². The minimum Gasteiger partial charge on any atom is -0.457 e. The van der Waals surface area contributed by atoms with Crippen molar-refractivity contribution in [1.82, 2.24) is 9.97 Å². The van der Waals surface area contributed by atoms with Crippen LogP contribution in [0.3, 0.4) is 0 Å². The Morgan fingerprint density at radius 2 is 0.923 bits per heavy atom. The van der Waals surface area contributed by atoms with Gasteiger partial charge in [0, 0.05) is 27.8 Å². The zero-order valence-corrected chi connectivity index (χ0v) is 28.0. The first-order valence-electron chi connectivity index (χ1n) is 17.4. The minimum atomic E-state index is -0.577. The first-order chi connectivity index (χ1) is 25.7. The zero-order chi connectivity index (χ0) is 34.6. The number of rotatable bonds is 4. The monoisotopic (exact) mass is 663 g/mol. The molecule has 0 saturated carbocycles. The van der Waals surface area contributed by atoms with E-state index in [2.05, 4.69) is 97.1 Å². The molecule has 0 radical (unpaired) electrons. The number of hydrogen-bond donors (Lipinski definition) is 0. The van der Waals surface area contributed by atoms with Crippen LogP contribution >= 0.6 is 0 Å². The van der Waals surface area contributed by atoms with Gasteiger partial charge in [0.05, 0.1) is 28.4 Å². The van der Waals surface area contributed by atoms with E-state index >= 15 is 0 Å². The average molecular weight is 664 g/mol. The van der Waals surface area contributed by atoms with E-state index in [1.165, 1.54) is 5.56 Å². The highest BCUT2D eigenvalue weighted by Gasteiger charge is 2.51. The summed E-state index contributed by atoms with van der Waals surface area (Å²) < 4.78 is 6.48. The fourth-order valence-corrected chi connectivity index (χ4v) is 8.06. The average Bonchev–Trinajstić information content (AvgIpc) is 3.50. The van der Waals surface area contributed by atoms with Crippen LogP contribution in [0.25, 0.3) is 56.2 Å². The van der Waals surface area contributed by atoms with Crippen LogP contribution in [0.2, 0.25) is 0 Å². The molecule has 242 valence electrons. The number of benzene rings is 7. The molecule has 0 amide bonds. The summed E-state index contributed by atoms with van der Waals surface area (Å²) in [5, 5.41) is 9.97. The number of nitrogens with zero attached hydrogens (tertiary/aromatic N) is 3. The van der Waals surface area contributed by atoms with Gasteiger partial charge in [0.2, 0.25) is 0 Å². The molecule has 7 aromatic carbocycles. The fourth-order valence-electron chi connectivity index (χ4n) is 8.06. The van der Waals surface area contributed by atoms with Crippen LogP contribution < -0.4 is 4.74 Å². The predicted octanol–water partition coefficient (Wildman–Crippen LogP) is 11.5. The normalized spacial score (nSPS) is 12.9. The Morgan fingerprint density at radius 3 is 1.56 bits per heavy atom. The number of ether oxygens (including phenoxy) is 1. The molecule has 0 saturated heterocycles. The second-order valence-electron chi connectivity index (χ2n) is 13.2. The van der Waals surface area contributed by atoms with E-state index in [0.717, 1.165) is 78.5 Å².